The highest BCUT2D eigenvalue weighted by atomic mass is 16.5. The number of nitriles is 1. The number of hydrogen-bond donors (Lipinski definition) is 0. The van der Waals surface area contributed by atoms with Crippen molar-refractivity contribution in [2.24, 2.45) is 11.8 Å². The van der Waals surface area contributed by atoms with Crippen LogP contribution in [0.4, 0.5) is 0 Å². The molecule has 0 aliphatic heterocycles. The Hall–Kier alpha value is -2.67. The Morgan fingerprint density at radius 1 is 1.00 bits per heavy atom. The summed E-state index contributed by atoms with van der Waals surface area (Å²) < 4.78 is 5.63. The molecule has 3 rings (SSSR count). The van der Waals surface area contributed by atoms with Gasteiger partial charge in [0, 0.05) is 5.69 Å². The Labute approximate surface area is 193 Å². The van der Waals surface area contributed by atoms with E-state index in [1.54, 1.807) is 6.20 Å². The molecule has 1 aliphatic rings. The number of pyridine rings is 1. The van der Waals surface area contributed by atoms with E-state index in [2.05, 4.69) is 18.0 Å². The minimum Gasteiger partial charge on any atom is -0.425 e. The van der Waals surface area contributed by atoms with Crippen molar-refractivity contribution in [1.29, 1.82) is 5.26 Å². The third kappa shape index (κ3) is 7.79. The number of carbonyl (C=O) groups excluding carboxylic acids is 1. The SMILES string of the molecule is CCCCCCC[C@H]1CC[C@H](C(=O)Oc2ccc(CCc3ccc(C#N)cc3)nc2)CC1. The van der Waals surface area contributed by atoms with Crippen molar-refractivity contribution in [1.82, 2.24) is 4.98 Å². The molecule has 170 valence electrons. The van der Waals surface area contributed by atoms with Crippen molar-refractivity contribution in [3.8, 4) is 11.8 Å². The molecule has 1 aliphatic carbocycles. The van der Waals surface area contributed by atoms with Gasteiger partial charge in [-0.25, -0.2) is 0 Å². The van der Waals surface area contributed by atoms with E-state index in [0.29, 0.717) is 11.3 Å². The number of hydrogen-bond acceptors (Lipinski definition) is 4. The first-order chi connectivity index (χ1) is 15.7. The van der Waals surface area contributed by atoms with Gasteiger partial charge in [-0.3, -0.25) is 9.78 Å². The predicted octanol–water partition coefficient (Wildman–Crippen LogP) is 6.81. The summed E-state index contributed by atoms with van der Waals surface area (Å²) in [6, 6.07) is 13.6. The first kappa shape index (κ1) is 24.0. The maximum atomic E-state index is 12.6. The van der Waals surface area contributed by atoms with E-state index in [0.717, 1.165) is 50.1 Å². The molecule has 0 saturated heterocycles. The summed E-state index contributed by atoms with van der Waals surface area (Å²) in [5, 5.41) is 8.88. The maximum absolute atomic E-state index is 12.6. The number of aromatic nitrogens is 1. The third-order valence-corrected chi connectivity index (χ3v) is 6.66. The van der Waals surface area contributed by atoms with Crippen LogP contribution in [0.1, 0.15) is 88.0 Å². The van der Waals surface area contributed by atoms with Crippen LogP contribution in [0, 0.1) is 23.2 Å². The molecule has 0 bridgehead atoms. The van der Waals surface area contributed by atoms with Gasteiger partial charge in [-0.1, -0.05) is 57.6 Å². The van der Waals surface area contributed by atoms with Crippen LogP contribution < -0.4 is 4.74 Å². The first-order valence-corrected chi connectivity index (χ1v) is 12.3. The molecule has 4 heteroatoms. The second kappa shape index (κ2) is 13.0. The molecule has 1 aromatic heterocycles. The normalized spacial score (nSPS) is 18.1. The molecule has 0 amide bonds. The Bertz CT molecular complexity index is 860. The van der Waals surface area contributed by atoms with Gasteiger partial charge in [0.15, 0.2) is 0 Å². The number of nitrogens with zero attached hydrogens (tertiary/aromatic N) is 2. The van der Waals surface area contributed by atoms with E-state index in [1.165, 1.54) is 44.1 Å². The van der Waals surface area contributed by atoms with Crippen LogP contribution in [0.2, 0.25) is 0 Å². The molecule has 1 fully saturated rings. The molecule has 32 heavy (non-hydrogen) atoms. The largest absolute Gasteiger partial charge is 0.425 e. The van der Waals surface area contributed by atoms with Crippen molar-refractivity contribution in [2.75, 3.05) is 0 Å². The Morgan fingerprint density at radius 3 is 2.41 bits per heavy atom. The van der Waals surface area contributed by atoms with Gasteiger partial charge in [-0.05, 0) is 74.3 Å². The lowest BCUT2D eigenvalue weighted by Gasteiger charge is -2.27. The molecule has 0 atom stereocenters. The predicted molar refractivity (Wildman–Crippen MR) is 127 cm³/mol. The van der Waals surface area contributed by atoms with E-state index in [-0.39, 0.29) is 11.9 Å². The van der Waals surface area contributed by atoms with Crippen LogP contribution in [-0.4, -0.2) is 11.0 Å². The molecule has 1 saturated carbocycles. The Morgan fingerprint density at radius 2 is 1.75 bits per heavy atom. The van der Waals surface area contributed by atoms with E-state index >= 15 is 0 Å². The molecule has 0 unspecified atom stereocenters. The highest BCUT2D eigenvalue weighted by Crippen LogP contribution is 2.33. The third-order valence-electron chi connectivity index (χ3n) is 6.66. The molecule has 4 nitrogen and oxygen atoms in total. The monoisotopic (exact) mass is 432 g/mol. The van der Waals surface area contributed by atoms with E-state index in [9.17, 15) is 4.79 Å². The van der Waals surface area contributed by atoms with Crippen LogP contribution >= 0.6 is 0 Å². The highest BCUT2D eigenvalue weighted by Gasteiger charge is 2.27. The summed E-state index contributed by atoms with van der Waals surface area (Å²) in [5.41, 5.74) is 2.82. The van der Waals surface area contributed by atoms with Gasteiger partial charge in [-0.15, -0.1) is 0 Å². The summed E-state index contributed by atoms with van der Waals surface area (Å²) in [6.07, 6.45) is 15.6. The van der Waals surface area contributed by atoms with Crippen molar-refractivity contribution < 1.29 is 9.53 Å². The number of benzene rings is 1. The summed E-state index contributed by atoms with van der Waals surface area (Å²) >= 11 is 0. The zero-order chi connectivity index (χ0) is 22.6. The molecule has 1 heterocycles. The lowest BCUT2D eigenvalue weighted by molar-refractivity contribution is -0.140. The number of aryl methyl sites for hydroxylation is 2. The first-order valence-electron chi connectivity index (χ1n) is 12.3. The van der Waals surface area contributed by atoms with Crippen molar-refractivity contribution >= 4 is 5.97 Å². The van der Waals surface area contributed by atoms with Crippen LogP contribution in [0.25, 0.3) is 0 Å². The summed E-state index contributed by atoms with van der Waals surface area (Å²) in [6.45, 7) is 2.25. The topological polar surface area (TPSA) is 63.0 Å². The zero-order valence-corrected chi connectivity index (χ0v) is 19.4. The average molecular weight is 433 g/mol. The van der Waals surface area contributed by atoms with Gasteiger partial charge < -0.3 is 4.74 Å². The van der Waals surface area contributed by atoms with Crippen molar-refractivity contribution in [3.05, 3.63) is 59.4 Å². The number of unbranched alkanes of at least 4 members (excludes halogenated alkanes) is 4. The molecular formula is C28H36N2O2. The highest BCUT2D eigenvalue weighted by molar-refractivity contribution is 5.75. The van der Waals surface area contributed by atoms with Gasteiger partial charge in [-0.2, -0.15) is 5.26 Å². The summed E-state index contributed by atoms with van der Waals surface area (Å²) in [5.74, 6) is 1.26. The van der Waals surface area contributed by atoms with Crippen molar-refractivity contribution in [2.45, 2.75) is 84.0 Å². The molecule has 2 aromatic rings. The fourth-order valence-electron chi connectivity index (χ4n) is 4.56. The van der Waals surface area contributed by atoms with Gasteiger partial charge in [0.1, 0.15) is 5.75 Å². The molecule has 0 spiro atoms. The summed E-state index contributed by atoms with van der Waals surface area (Å²) in [7, 11) is 0. The Balaban J connectivity index is 1.37. The zero-order valence-electron chi connectivity index (χ0n) is 19.4. The second-order valence-corrected chi connectivity index (χ2v) is 9.14. The lowest BCUT2D eigenvalue weighted by Crippen LogP contribution is -2.25. The molecule has 1 aromatic carbocycles. The number of rotatable bonds is 11. The maximum Gasteiger partial charge on any atom is 0.314 e. The number of esters is 1. The van der Waals surface area contributed by atoms with Crippen LogP contribution in [0.3, 0.4) is 0 Å². The minimum atomic E-state index is -0.0986. The molecular weight excluding hydrogens is 396 g/mol. The standard InChI is InChI=1S/C28H36N2O2/c1-2-3-4-5-6-7-22-12-15-25(16-13-22)28(31)32-27-19-18-26(30-21-27)17-14-23-8-10-24(20-29)11-9-23/h8-11,18-19,21-22,25H,2-7,12-17H2,1H3/t22-,25-. The van der Waals surface area contributed by atoms with Crippen molar-refractivity contribution in [3.63, 3.8) is 0 Å². The van der Waals surface area contributed by atoms with E-state index in [4.69, 9.17) is 10.00 Å². The minimum absolute atomic E-state index is 0.0300. The molecule has 0 N–H and O–H groups in total. The smallest absolute Gasteiger partial charge is 0.314 e. The lowest BCUT2D eigenvalue weighted by atomic mass is 9.80. The van der Waals surface area contributed by atoms with Crippen LogP contribution in [-0.2, 0) is 17.6 Å². The van der Waals surface area contributed by atoms with Gasteiger partial charge in [0.25, 0.3) is 0 Å². The quantitative estimate of drug-likeness (QED) is 0.289. The second-order valence-electron chi connectivity index (χ2n) is 9.14. The number of carbonyl (C=O) groups is 1. The van der Waals surface area contributed by atoms with Crippen LogP contribution in [0.15, 0.2) is 42.6 Å². The fourth-order valence-corrected chi connectivity index (χ4v) is 4.56. The van der Waals surface area contributed by atoms with Gasteiger partial charge >= 0.3 is 5.97 Å². The molecule has 0 radical (unpaired) electrons. The van der Waals surface area contributed by atoms with Gasteiger partial charge in [0.05, 0.1) is 23.7 Å². The van der Waals surface area contributed by atoms with Gasteiger partial charge in [0.2, 0.25) is 0 Å². The summed E-state index contributed by atoms with van der Waals surface area (Å²) in [4.78, 5) is 17.0. The Kier molecular flexibility index (Phi) is 9.75. The van der Waals surface area contributed by atoms with E-state index < -0.39 is 0 Å². The van der Waals surface area contributed by atoms with Crippen LogP contribution in [0.5, 0.6) is 5.75 Å². The number of ether oxygens (including phenoxy) is 1. The fraction of sp³-hybridized carbons (Fsp3) is 0.536. The average Bonchev–Trinajstić information content (AvgIpc) is 2.84. The van der Waals surface area contributed by atoms with E-state index in [1.807, 2.05) is 36.4 Å².